The van der Waals surface area contributed by atoms with Crippen LogP contribution >= 0.6 is 0 Å². The summed E-state index contributed by atoms with van der Waals surface area (Å²) in [5.74, 6) is 0.0969. The molecule has 7 nitrogen and oxygen atoms in total. The van der Waals surface area contributed by atoms with Crippen molar-refractivity contribution < 1.29 is 18.0 Å². The lowest BCUT2D eigenvalue weighted by Gasteiger charge is -2.31. The van der Waals surface area contributed by atoms with Gasteiger partial charge in [0, 0.05) is 19.2 Å². The molecule has 0 bridgehead atoms. The minimum absolute atomic E-state index is 0.165. The van der Waals surface area contributed by atoms with Gasteiger partial charge in [0.25, 0.3) is 10.0 Å². The minimum Gasteiger partial charge on any atom is -0.327 e. The van der Waals surface area contributed by atoms with Gasteiger partial charge >= 0.3 is 6.03 Å². The summed E-state index contributed by atoms with van der Waals surface area (Å²) in [6.45, 7) is 8.06. The maximum atomic E-state index is 12.6. The number of piperidine rings is 1. The molecule has 8 heteroatoms. The van der Waals surface area contributed by atoms with Gasteiger partial charge in [0.2, 0.25) is 5.91 Å². The first-order chi connectivity index (χ1) is 12.5. The second-order valence-corrected chi connectivity index (χ2v) is 9.41. The Balaban J connectivity index is 2.24. The Morgan fingerprint density at radius 1 is 1.15 bits per heavy atom. The highest BCUT2D eigenvalue weighted by Gasteiger charge is 2.36. The van der Waals surface area contributed by atoms with E-state index in [1.807, 2.05) is 45.9 Å². The van der Waals surface area contributed by atoms with Crippen molar-refractivity contribution in [3.63, 3.8) is 0 Å². The molecule has 3 amide bonds. The van der Waals surface area contributed by atoms with Gasteiger partial charge in [-0.25, -0.2) is 17.9 Å². The smallest absolute Gasteiger partial charge is 0.327 e. The number of hydrogen-bond acceptors (Lipinski definition) is 4. The maximum Gasteiger partial charge on any atom is 0.332 e. The van der Waals surface area contributed by atoms with E-state index < -0.39 is 21.4 Å². The van der Waals surface area contributed by atoms with Gasteiger partial charge in [-0.15, -0.1) is 0 Å². The molecule has 27 heavy (non-hydrogen) atoms. The first-order valence-electron chi connectivity index (χ1n) is 9.25. The van der Waals surface area contributed by atoms with E-state index in [1.165, 1.54) is 11.9 Å². The van der Waals surface area contributed by atoms with E-state index in [4.69, 9.17) is 0 Å². The zero-order valence-corrected chi connectivity index (χ0v) is 17.4. The highest BCUT2D eigenvalue weighted by Crippen LogP contribution is 2.32. The van der Waals surface area contributed by atoms with Gasteiger partial charge < -0.3 is 10.2 Å². The van der Waals surface area contributed by atoms with E-state index in [-0.39, 0.29) is 17.7 Å². The standard InChI is InChI=1S/C19H29N3O4S/c1-12(2)14-8-6-9-15(13(3)4)18(14)20-19(24)21-27(25,26)17-11-7-10-16(23)22(17)5/h6,8-9,12-13,17H,7,10-11H2,1-5H3,(H2,20,21,24). The number of nitrogens with zero attached hydrogens (tertiary/aromatic N) is 1. The third-order valence-electron chi connectivity index (χ3n) is 4.87. The van der Waals surface area contributed by atoms with Crippen LogP contribution in [0.1, 0.15) is 69.9 Å². The van der Waals surface area contributed by atoms with Crippen molar-refractivity contribution in [1.82, 2.24) is 9.62 Å². The summed E-state index contributed by atoms with van der Waals surface area (Å²) in [5, 5.41) is 1.70. The molecule has 2 N–H and O–H groups in total. The van der Waals surface area contributed by atoms with Crippen molar-refractivity contribution in [3.8, 4) is 0 Å². The summed E-state index contributed by atoms with van der Waals surface area (Å²) in [5.41, 5.74) is 2.53. The highest BCUT2D eigenvalue weighted by atomic mass is 32.2. The molecule has 1 saturated heterocycles. The molecule has 1 aliphatic rings. The van der Waals surface area contributed by atoms with Crippen molar-refractivity contribution in [3.05, 3.63) is 29.3 Å². The average molecular weight is 396 g/mol. The number of carbonyl (C=O) groups is 2. The van der Waals surface area contributed by atoms with Gasteiger partial charge in [0.15, 0.2) is 5.37 Å². The molecule has 1 atom stereocenters. The van der Waals surface area contributed by atoms with Gasteiger partial charge in [-0.05, 0) is 35.8 Å². The van der Waals surface area contributed by atoms with Crippen LogP contribution in [0.15, 0.2) is 18.2 Å². The van der Waals surface area contributed by atoms with Crippen LogP contribution in [0, 0.1) is 0 Å². The van der Waals surface area contributed by atoms with Crippen molar-refractivity contribution >= 4 is 27.6 Å². The van der Waals surface area contributed by atoms with Gasteiger partial charge in [-0.2, -0.15) is 0 Å². The molecule has 1 aliphatic heterocycles. The predicted octanol–water partition coefficient (Wildman–Crippen LogP) is 3.35. The molecule has 1 fully saturated rings. The first kappa shape index (κ1) is 21.2. The molecule has 0 spiro atoms. The summed E-state index contributed by atoms with van der Waals surface area (Å²) >= 11 is 0. The number of rotatable bonds is 5. The number of para-hydroxylation sites is 1. The fourth-order valence-corrected chi connectivity index (χ4v) is 4.81. The fourth-order valence-electron chi connectivity index (χ4n) is 3.35. The lowest BCUT2D eigenvalue weighted by atomic mass is 9.93. The van der Waals surface area contributed by atoms with E-state index in [2.05, 4.69) is 10.0 Å². The van der Waals surface area contributed by atoms with Crippen LogP contribution in [0.2, 0.25) is 0 Å². The molecule has 2 rings (SSSR count). The molecule has 150 valence electrons. The van der Waals surface area contributed by atoms with Gasteiger partial charge in [-0.1, -0.05) is 45.9 Å². The molecule has 1 aromatic carbocycles. The van der Waals surface area contributed by atoms with Crippen LogP contribution in [0.3, 0.4) is 0 Å². The largest absolute Gasteiger partial charge is 0.332 e. The highest BCUT2D eigenvalue weighted by molar-refractivity contribution is 7.90. The Morgan fingerprint density at radius 2 is 1.70 bits per heavy atom. The average Bonchev–Trinajstić information content (AvgIpc) is 2.56. The Labute approximate surface area is 161 Å². The monoisotopic (exact) mass is 395 g/mol. The second kappa shape index (κ2) is 8.29. The second-order valence-electron chi connectivity index (χ2n) is 7.57. The quantitative estimate of drug-likeness (QED) is 0.799. The van der Waals surface area contributed by atoms with Crippen LogP contribution < -0.4 is 10.0 Å². The summed E-state index contributed by atoms with van der Waals surface area (Å²) in [6.07, 6.45) is 1.13. The molecule has 1 heterocycles. The van der Waals surface area contributed by atoms with Gasteiger partial charge in [0.1, 0.15) is 0 Å². The molecule has 0 radical (unpaired) electrons. The van der Waals surface area contributed by atoms with E-state index in [1.54, 1.807) is 0 Å². The normalized spacial score (nSPS) is 18.1. The number of sulfonamides is 1. The third-order valence-corrected chi connectivity index (χ3v) is 6.61. The summed E-state index contributed by atoms with van der Waals surface area (Å²) in [4.78, 5) is 25.5. The third kappa shape index (κ3) is 4.80. The molecular formula is C19H29N3O4S. The molecular weight excluding hydrogens is 366 g/mol. The molecule has 0 saturated carbocycles. The number of amides is 3. The van der Waals surface area contributed by atoms with E-state index in [0.29, 0.717) is 24.9 Å². The zero-order chi connectivity index (χ0) is 20.4. The first-order valence-corrected chi connectivity index (χ1v) is 10.8. The topological polar surface area (TPSA) is 95.6 Å². The van der Waals surface area contributed by atoms with Crippen molar-refractivity contribution in [2.75, 3.05) is 12.4 Å². The van der Waals surface area contributed by atoms with E-state index in [0.717, 1.165) is 11.1 Å². The number of hydrogen-bond donors (Lipinski definition) is 2. The number of benzene rings is 1. The number of likely N-dealkylation sites (tertiary alicyclic amines) is 1. The number of anilines is 1. The molecule has 1 unspecified atom stereocenters. The van der Waals surface area contributed by atoms with Crippen LogP contribution in [0.5, 0.6) is 0 Å². The lowest BCUT2D eigenvalue weighted by molar-refractivity contribution is -0.132. The van der Waals surface area contributed by atoms with Crippen molar-refractivity contribution in [1.29, 1.82) is 0 Å². The fraction of sp³-hybridized carbons (Fsp3) is 0.579. The molecule has 0 aromatic heterocycles. The summed E-state index contributed by atoms with van der Waals surface area (Å²) < 4.78 is 27.3. The Hall–Kier alpha value is -2.09. The van der Waals surface area contributed by atoms with E-state index >= 15 is 0 Å². The summed E-state index contributed by atoms with van der Waals surface area (Å²) in [7, 11) is -2.56. The Bertz CT molecular complexity index is 792. The van der Waals surface area contributed by atoms with Crippen molar-refractivity contribution in [2.24, 2.45) is 0 Å². The summed E-state index contributed by atoms with van der Waals surface area (Å²) in [6, 6.07) is 4.98. The van der Waals surface area contributed by atoms with Gasteiger partial charge in [0.05, 0.1) is 0 Å². The Kier molecular flexibility index (Phi) is 6.51. The number of carbonyl (C=O) groups excluding carboxylic acids is 2. The predicted molar refractivity (Wildman–Crippen MR) is 106 cm³/mol. The zero-order valence-electron chi connectivity index (χ0n) is 16.6. The van der Waals surface area contributed by atoms with Crippen LogP contribution in [-0.2, 0) is 14.8 Å². The molecule has 1 aromatic rings. The number of nitrogens with one attached hydrogen (secondary N) is 2. The number of urea groups is 1. The van der Waals surface area contributed by atoms with Crippen LogP contribution in [0.25, 0.3) is 0 Å². The minimum atomic E-state index is -4.01. The van der Waals surface area contributed by atoms with Crippen LogP contribution in [0.4, 0.5) is 10.5 Å². The lowest BCUT2D eigenvalue weighted by Crippen LogP contribution is -2.51. The maximum absolute atomic E-state index is 12.6. The SMILES string of the molecule is CC(C)c1cccc(C(C)C)c1NC(=O)NS(=O)(=O)C1CCCC(=O)N1C. The van der Waals surface area contributed by atoms with E-state index in [9.17, 15) is 18.0 Å². The van der Waals surface area contributed by atoms with Gasteiger partial charge in [-0.3, -0.25) is 4.79 Å². The van der Waals surface area contributed by atoms with Crippen molar-refractivity contribution in [2.45, 2.75) is 64.2 Å². The van der Waals surface area contributed by atoms with Crippen LogP contribution in [-0.4, -0.2) is 37.7 Å². The molecule has 0 aliphatic carbocycles. The Morgan fingerprint density at radius 3 is 2.22 bits per heavy atom.